The predicted molar refractivity (Wildman–Crippen MR) is 32.7 cm³/mol. The molecule has 0 bridgehead atoms. The third-order valence-electron chi connectivity index (χ3n) is 0.584. The van der Waals surface area contributed by atoms with Gasteiger partial charge in [-0.3, -0.25) is 0 Å². The minimum absolute atomic E-state index is 0.0906. The Kier molecular flexibility index (Phi) is 4.61. The molecule has 0 amide bonds. The Hall–Kier alpha value is -0.340. The van der Waals surface area contributed by atoms with E-state index in [2.05, 4.69) is 6.58 Å². The van der Waals surface area contributed by atoms with Gasteiger partial charge >= 0.3 is 0 Å². The lowest BCUT2D eigenvalue weighted by Crippen LogP contribution is -2.00. The zero-order valence-corrected chi connectivity index (χ0v) is 5.18. The van der Waals surface area contributed by atoms with Crippen LogP contribution in [0.5, 0.6) is 0 Å². The molecule has 0 fully saturated rings. The number of rotatable bonds is 4. The van der Waals surface area contributed by atoms with Crippen LogP contribution in [-0.4, -0.2) is 24.9 Å². The summed E-state index contributed by atoms with van der Waals surface area (Å²) in [5.41, 5.74) is 0.985. The van der Waals surface area contributed by atoms with Gasteiger partial charge < -0.3 is 9.84 Å². The van der Waals surface area contributed by atoms with Crippen molar-refractivity contribution in [2.24, 2.45) is 0 Å². The molecule has 0 atom stereocenters. The van der Waals surface area contributed by atoms with Crippen molar-refractivity contribution < 1.29 is 9.84 Å². The average molecular weight is 116 g/mol. The lowest BCUT2D eigenvalue weighted by Gasteiger charge is -1.98. The zero-order chi connectivity index (χ0) is 6.41. The van der Waals surface area contributed by atoms with E-state index in [0.29, 0.717) is 13.2 Å². The van der Waals surface area contributed by atoms with Crippen molar-refractivity contribution in [3.05, 3.63) is 12.2 Å². The van der Waals surface area contributed by atoms with Crippen LogP contribution in [0.25, 0.3) is 0 Å². The van der Waals surface area contributed by atoms with Crippen LogP contribution in [-0.2, 0) is 4.74 Å². The molecule has 0 unspecified atom stereocenters. The summed E-state index contributed by atoms with van der Waals surface area (Å²) in [6, 6.07) is 0. The second kappa shape index (κ2) is 4.81. The van der Waals surface area contributed by atoms with Gasteiger partial charge in [0.25, 0.3) is 0 Å². The van der Waals surface area contributed by atoms with Crippen LogP contribution >= 0.6 is 0 Å². The van der Waals surface area contributed by atoms with Crippen LogP contribution in [0.15, 0.2) is 12.2 Å². The van der Waals surface area contributed by atoms with Crippen molar-refractivity contribution in [1.29, 1.82) is 0 Å². The molecule has 0 aromatic rings. The summed E-state index contributed by atoms with van der Waals surface area (Å²) < 4.78 is 4.89. The van der Waals surface area contributed by atoms with E-state index < -0.39 is 0 Å². The van der Waals surface area contributed by atoms with Gasteiger partial charge in [-0.1, -0.05) is 12.2 Å². The third-order valence-corrected chi connectivity index (χ3v) is 0.584. The van der Waals surface area contributed by atoms with E-state index in [0.717, 1.165) is 5.57 Å². The Balaban J connectivity index is 2.82. The first-order valence-electron chi connectivity index (χ1n) is 2.60. The Morgan fingerprint density at radius 1 is 1.75 bits per heavy atom. The number of hydrogen-bond donors (Lipinski definition) is 1. The molecule has 0 radical (unpaired) electrons. The van der Waals surface area contributed by atoms with Crippen molar-refractivity contribution in [2.45, 2.75) is 6.92 Å². The lowest BCUT2D eigenvalue weighted by molar-refractivity contribution is 0.108. The van der Waals surface area contributed by atoms with Gasteiger partial charge in [0, 0.05) is 0 Å². The molecule has 2 nitrogen and oxygen atoms in total. The smallest absolute Gasteiger partial charge is 0.0702 e. The van der Waals surface area contributed by atoms with Gasteiger partial charge in [-0.05, 0) is 6.92 Å². The van der Waals surface area contributed by atoms with Gasteiger partial charge in [-0.25, -0.2) is 0 Å². The van der Waals surface area contributed by atoms with Crippen molar-refractivity contribution in [2.75, 3.05) is 19.8 Å². The van der Waals surface area contributed by atoms with Crippen LogP contribution in [0.3, 0.4) is 0 Å². The van der Waals surface area contributed by atoms with Crippen molar-refractivity contribution >= 4 is 0 Å². The fraction of sp³-hybridized carbons (Fsp3) is 0.667. The van der Waals surface area contributed by atoms with Crippen molar-refractivity contribution in [1.82, 2.24) is 0 Å². The van der Waals surface area contributed by atoms with Gasteiger partial charge in [-0.15, -0.1) is 0 Å². The van der Waals surface area contributed by atoms with Gasteiger partial charge in [-0.2, -0.15) is 0 Å². The summed E-state index contributed by atoms with van der Waals surface area (Å²) >= 11 is 0. The quantitative estimate of drug-likeness (QED) is 0.430. The summed E-state index contributed by atoms with van der Waals surface area (Å²) in [6.07, 6.45) is 0. The van der Waals surface area contributed by atoms with E-state index in [9.17, 15) is 0 Å². The molecule has 2 heteroatoms. The first kappa shape index (κ1) is 7.66. The highest BCUT2D eigenvalue weighted by atomic mass is 16.5. The standard InChI is InChI=1S/C6H12O2/c1-6(2)5-8-4-3-7/h7H,1,3-5H2,2H3. The highest BCUT2D eigenvalue weighted by Gasteiger charge is 1.83. The Morgan fingerprint density at radius 3 is 2.75 bits per heavy atom. The van der Waals surface area contributed by atoms with Crippen LogP contribution in [0.4, 0.5) is 0 Å². The zero-order valence-electron chi connectivity index (χ0n) is 5.18. The molecule has 0 saturated heterocycles. The monoisotopic (exact) mass is 116 g/mol. The molecule has 0 aliphatic heterocycles. The van der Waals surface area contributed by atoms with E-state index in [1.54, 1.807) is 0 Å². The van der Waals surface area contributed by atoms with Gasteiger partial charge in [0.05, 0.1) is 19.8 Å². The number of aliphatic hydroxyl groups is 1. The normalized spacial score (nSPS) is 9.25. The first-order valence-corrected chi connectivity index (χ1v) is 2.60. The average Bonchev–Trinajstić information content (AvgIpc) is 1.66. The number of hydrogen-bond acceptors (Lipinski definition) is 2. The lowest BCUT2D eigenvalue weighted by atomic mass is 10.4. The summed E-state index contributed by atoms with van der Waals surface area (Å²) in [5, 5.41) is 8.22. The van der Waals surface area contributed by atoms with E-state index in [-0.39, 0.29) is 6.61 Å². The number of ether oxygens (including phenoxy) is 1. The topological polar surface area (TPSA) is 29.5 Å². The fourth-order valence-electron chi connectivity index (χ4n) is 0.311. The molecule has 1 N–H and O–H groups in total. The molecule has 48 valence electrons. The molecular formula is C6H12O2. The van der Waals surface area contributed by atoms with E-state index in [1.807, 2.05) is 6.92 Å². The van der Waals surface area contributed by atoms with Crippen LogP contribution in [0, 0.1) is 0 Å². The maximum absolute atomic E-state index is 8.22. The van der Waals surface area contributed by atoms with Gasteiger partial charge in [0.2, 0.25) is 0 Å². The van der Waals surface area contributed by atoms with Crippen molar-refractivity contribution in [3.8, 4) is 0 Å². The Labute approximate surface area is 49.8 Å². The molecule has 0 aliphatic carbocycles. The van der Waals surface area contributed by atoms with E-state index in [1.165, 1.54) is 0 Å². The SMILES string of the molecule is C=C(C)COCCO. The van der Waals surface area contributed by atoms with Crippen LogP contribution in [0.2, 0.25) is 0 Å². The maximum Gasteiger partial charge on any atom is 0.0702 e. The number of aliphatic hydroxyl groups excluding tert-OH is 1. The van der Waals surface area contributed by atoms with E-state index in [4.69, 9.17) is 9.84 Å². The van der Waals surface area contributed by atoms with Crippen LogP contribution in [0.1, 0.15) is 6.92 Å². The second-order valence-corrected chi connectivity index (χ2v) is 1.73. The molecule has 0 aliphatic rings. The minimum Gasteiger partial charge on any atom is -0.394 e. The maximum atomic E-state index is 8.22. The largest absolute Gasteiger partial charge is 0.394 e. The second-order valence-electron chi connectivity index (χ2n) is 1.73. The van der Waals surface area contributed by atoms with Crippen molar-refractivity contribution in [3.63, 3.8) is 0 Å². The molecule has 0 aromatic heterocycles. The first-order chi connectivity index (χ1) is 3.77. The Bertz CT molecular complexity index is 68.9. The molecule has 8 heavy (non-hydrogen) atoms. The van der Waals surface area contributed by atoms with Gasteiger partial charge in [0.15, 0.2) is 0 Å². The molecule has 0 saturated carbocycles. The van der Waals surface area contributed by atoms with E-state index >= 15 is 0 Å². The molecule has 0 aromatic carbocycles. The summed E-state index contributed by atoms with van der Waals surface area (Å²) in [7, 11) is 0. The van der Waals surface area contributed by atoms with Crippen LogP contribution < -0.4 is 0 Å². The predicted octanol–water partition coefficient (Wildman–Crippen LogP) is 0.571. The molecule has 0 spiro atoms. The highest BCUT2D eigenvalue weighted by Crippen LogP contribution is 1.85. The third kappa shape index (κ3) is 5.66. The van der Waals surface area contributed by atoms with Gasteiger partial charge in [0.1, 0.15) is 0 Å². The summed E-state index contributed by atoms with van der Waals surface area (Å²) in [5.74, 6) is 0. The minimum atomic E-state index is 0.0906. The summed E-state index contributed by atoms with van der Waals surface area (Å²) in [6.45, 7) is 6.56. The summed E-state index contributed by atoms with van der Waals surface area (Å²) in [4.78, 5) is 0. The molecule has 0 rings (SSSR count). The fourth-order valence-corrected chi connectivity index (χ4v) is 0.311. The highest BCUT2D eigenvalue weighted by molar-refractivity contribution is 4.87. The molecular weight excluding hydrogens is 104 g/mol. The Morgan fingerprint density at radius 2 is 2.38 bits per heavy atom. The molecule has 0 heterocycles.